The Morgan fingerprint density at radius 1 is 1.10 bits per heavy atom. The topological polar surface area (TPSA) is 35.5 Å². The Labute approximate surface area is 198 Å². The highest BCUT2D eigenvalue weighted by molar-refractivity contribution is 9.10. The number of halogens is 2. The van der Waals surface area contributed by atoms with E-state index in [0.717, 1.165) is 49.3 Å². The van der Waals surface area contributed by atoms with Crippen LogP contribution in [0.1, 0.15) is 39.0 Å². The monoisotopic (exact) mass is 548 g/mol. The van der Waals surface area contributed by atoms with Gasteiger partial charge in [-0.3, -0.25) is 4.79 Å². The highest BCUT2D eigenvalue weighted by Gasteiger charge is 2.11. The number of ketones is 1. The van der Waals surface area contributed by atoms with Crippen LogP contribution in [0.15, 0.2) is 63.6 Å². The van der Waals surface area contributed by atoms with E-state index in [1.54, 1.807) is 24.5 Å². The smallest absolute Gasteiger partial charge is 0.195 e. The first-order valence-corrected chi connectivity index (χ1v) is 12.0. The van der Waals surface area contributed by atoms with E-state index >= 15 is 0 Å². The molecule has 1 heterocycles. The van der Waals surface area contributed by atoms with Gasteiger partial charge in [-0.25, -0.2) is 0 Å². The average Bonchev–Trinajstić information content (AvgIpc) is 3.12. The first-order chi connectivity index (χ1) is 14.5. The Morgan fingerprint density at radius 2 is 1.87 bits per heavy atom. The van der Waals surface area contributed by atoms with Gasteiger partial charge in [0.1, 0.15) is 18.1 Å². The number of carbonyl (C=O) groups excluding carboxylic acids is 1. The summed E-state index contributed by atoms with van der Waals surface area (Å²) in [5, 5.41) is 0. The Balaban J connectivity index is 1.72. The molecule has 3 nitrogen and oxygen atoms in total. The molecule has 30 heavy (non-hydrogen) atoms. The van der Waals surface area contributed by atoms with E-state index in [1.165, 1.54) is 4.88 Å². The predicted octanol–water partition coefficient (Wildman–Crippen LogP) is 7.71. The first kappa shape index (κ1) is 22.8. The number of hydrogen-bond donors (Lipinski definition) is 0. The van der Waals surface area contributed by atoms with Crippen LogP contribution >= 0.6 is 43.2 Å². The number of carbonyl (C=O) groups is 1. The molecule has 0 N–H and O–H groups in total. The second kappa shape index (κ2) is 10.9. The van der Waals surface area contributed by atoms with Crippen LogP contribution in [0.2, 0.25) is 0 Å². The van der Waals surface area contributed by atoms with Crippen molar-refractivity contribution in [2.45, 2.75) is 26.4 Å². The summed E-state index contributed by atoms with van der Waals surface area (Å²) in [7, 11) is 1.64. The second-order valence-corrected chi connectivity index (χ2v) is 9.55. The maximum Gasteiger partial charge on any atom is 0.195 e. The van der Waals surface area contributed by atoms with Gasteiger partial charge in [-0.05, 0) is 76.5 Å². The standard InChI is InChI=1S/C24H22Br2O3S/c1-3-4-23-20(26)14-24(30-23)21(27)11-5-16-6-12-22(28-2)17(13-16)15-29-19-9-7-18(25)8-10-19/h5-14H,3-4,15H2,1-2H3/b11-5+. The van der Waals surface area contributed by atoms with Crippen LogP contribution in [0.25, 0.3) is 6.08 Å². The predicted molar refractivity (Wildman–Crippen MR) is 131 cm³/mol. The van der Waals surface area contributed by atoms with Crippen LogP contribution in [0.3, 0.4) is 0 Å². The largest absolute Gasteiger partial charge is 0.496 e. The fraction of sp³-hybridized carbons (Fsp3) is 0.208. The van der Waals surface area contributed by atoms with Crippen LogP contribution in [-0.4, -0.2) is 12.9 Å². The first-order valence-electron chi connectivity index (χ1n) is 9.56. The van der Waals surface area contributed by atoms with Crippen LogP contribution < -0.4 is 9.47 Å². The number of ether oxygens (including phenoxy) is 2. The van der Waals surface area contributed by atoms with Crippen molar-refractivity contribution in [3.05, 3.63) is 84.4 Å². The van der Waals surface area contributed by atoms with E-state index in [4.69, 9.17) is 9.47 Å². The second-order valence-electron chi connectivity index (χ2n) is 6.64. The molecule has 0 radical (unpaired) electrons. The minimum absolute atomic E-state index is 0.00605. The summed E-state index contributed by atoms with van der Waals surface area (Å²) in [4.78, 5) is 14.5. The average molecular weight is 550 g/mol. The van der Waals surface area contributed by atoms with E-state index < -0.39 is 0 Å². The summed E-state index contributed by atoms with van der Waals surface area (Å²) in [5.74, 6) is 1.54. The van der Waals surface area contributed by atoms with E-state index in [-0.39, 0.29) is 5.78 Å². The van der Waals surface area contributed by atoms with Crippen molar-refractivity contribution in [2.75, 3.05) is 7.11 Å². The lowest BCUT2D eigenvalue weighted by atomic mass is 10.1. The number of aryl methyl sites for hydroxylation is 1. The van der Waals surface area contributed by atoms with Crippen molar-refractivity contribution in [3.8, 4) is 11.5 Å². The van der Waals surface area contributed by atoms with Crippen molar-refractivity contribution < 1.29 is 14.3 Å². The molecule has 3 rings (SSSR count). The highest BCUT2D eigenvalue weighted by atomic mass is 79.9. The molecule has 0 amide bonds. The lowest BCUT2D eigenvalue weighted by molar-refractivity contribution is 0.105. The van der Waals surface area contributed by atoms with Crippen LogP contribution in [-0.2, 0) is 13.0 Å². The van der Waals surface area contributed by atoms with E-state index in [2.05, 4.69) is 38.8 Å². The van der Waals surface area contributed by atoms with Gasteiger partial charge in [0, 0.05) is 19.4 Å². The molecule has 0 aliphatic heterocycles. The Bertz CT molecular complexity index is 1040. The van der Waals surface area contributed by atoms with E-state index in [9.17, 15) is 4.79 Å². The normalized spacial score (nSPS) is 11.1. The lowest BCUT2D eigenvalue weighted by Gasteiger charge is -2.11. The number of thiophene rings is 1. The molecule has 0 fully saturated rings. The molecule has 1 aromatic heterocycles. The zero-order valence-corrected chi connectivity index (χ0v) is 20.8. The third-order valence-corrected chi connectivity index (χ3v) is 7.12. The number of allylic oxidation sites excluding steroid dienone is 1. The van der Waals surface area contributed by atoms with Crippen LogP contribution in [0, 0.1) is 0 Å². The van der Waals surface area contributed by atoms with Crippen molar-refractivity contribution in [1.29, 1.82) is 0 Å². The Morgan fingerprint density at radius 3 is 2.57 bits per heavy atom. The molecule has 0 saturated heterocycles. The maximum absolute atomic E-state index is 12.6. The third kappa shape index (κ3) is 6.06. The summed E-state index contributed by atoms with van der Waals surface area (Å²) < 4.78 is 13.4. The molecule has 0 unspecified atom stereocenters. The molecular formula is C24H22Br2O3S. The minimum atomic E-state index is 0.00605. The van der Waals surface area contributed by atoms with Gasteiger partial charge in [-0.2, -0.15) is 0 Å². The van der Waals surface area contributed by atoms with Crippen LogP contribution in [0.4, 0.5) is 0 Å². The number of methoxy groups -OCH3 is 1. The summed E-state index contributed by atoms with van der Waals surface area (Å²) >= 11 is 8.52. The molecule has 156 valence electrons. The van der Waals surface area contributed by atoms with Crippen molar-refractivity contribution in [2.24, 2.45) is 0 Å². The van der Waals surface area contributed by atoms with Crippen molar-refractivity contribution in [1.82, 2.24) is 0 Å². The van der Waals surface area contributed by atoms with Gasteiger partial charge < -0.3 is 9.47 Å². The fourth-order valence-electron chi connectivity index (χ4n) is 2.89. The molecule has 0 saturated carbocycles. The minimum Gasteiger partial charge on any atom is -0.496 e. The molecular weight excluding hydrogens is 528 g/mol. The fourth-order valence-corrected chi connectivity index (χ4v) is 5.05. The Kier molecular flexibility index (Phi) is 8.31. The molecule has 2 aromatic carbocycles. The number of rotatable bonds is 9. The molecule has 3 aromatic rings. The van der Waals surface area contributed by atoms with Gasteiger partial charge in [0.05, 0.1) is 12.0 Å². The van der Waals surface area contributed by atoms with Gasteiger partial charge >= 0.3 is 0 Å². The Hall–Kier alpha value is -1.89. The summed E-state index contributed by atoms with van der Waals surface area (Å²) in [6.45, 7) is 2.51. The summed E-state index contributed by atoms with van der Waals surface area (Å²) in [5.41, 5.74) is 1.84. The summed E-state index contributed by atoms with van der Waals surface area (Å²) in [6.07, 6.45) is 5.48. The van der Waals surface area contributed by atoms with Gasteiger partial charge in [-0.1, -0.05) is 41.4 Å². The van der Waals surface area contributed by atoms with Gasteiger partial charge in [0.15, 0.2) is 5.78 Å². The quantitative estimate of drug-likeness (QED) is 0.202. The molecule has 0 bridgehead atoms. The van der Waals surface area contributed by atoms with Gasteiger partial charge in [-0.15, -0.1) is 11.3 Å². The number of hydrogen-bond acceptors (Lipinski definition) is 4. The zero-order valence-electron chi connectivity index (χ0n) is 16.8. The van der Waals surface area contributed by atoms with Gasteiger partial charge in [0.2, 0.25) is 0 Å². The van der Waals surface area contributed by atoms with Gasteiger partial charge in [0.25, 0.3) is 0 Å². The maximum atomic E-state index is 12.6. The molecule has 6 heteroatoms. The van der Waals surface area contributed by atoms with E-state index in [0.29, 0.717) is 6.61 Å². The lowest BCUT2D eigenvalue weighted by Crippen LogP contribution is -1.99. The van der Waals surface area contributed by atoms with E-state index in [1.807, 2.05) is 54.6 Å². The zero-order chi connectivity index (χ0) is 21.5. The van der Waals surface area contributed by atoms with Crippen molar-refractivity contribution in [3.63, 3.8) is 0 Å². The van der Waals surface area contributed by atoms with Crippen molar-refractivity contribution >= 4 is 55.1 Å². The molecule has 0 spiro atoms. The summed E-state index contributed by atoms with van der Waals surface area (Å²) in [6, 6.07) is 15.4. The SMILES string of the molecule is CCCc1sc(C(=O)/C=C/c2ccc(OC)c(COc3ccc(Br)cc3)c2)cc1Br. The third-order valence-electron chi connectivity index (χ3n) is 4.42. The number of benzene rings is 2. The highest BCUT2D eigenvalue weighted by Crippen LogP contribution is 2.29. The molecule has 0 aliphatic carbocycles. The molecule has 0 atom stereocenters. The molecule has 0 aliphatic rings. The van der Waals surface area contributed by atoms with Crippen LogP contribution in [0.5, 0.6) is 11.5 Å².